The van der Waals surface area contributed by atoms with Gasteiger partial charge in [0.15, 0.2) is 5.88 Å². The van der Waals surface area contributed by atoms with Gasteiger partial charge in [0.25, 0.3) is 0 Å². The molecule has 1 saturated heterocycles. The lowest BCUT2D eigenvalue weighted by molar-refractivity contribution is 0.0341. The third-order valence-corrected chi connectivity index (χ3v) is 4.57. The molecule has 0 bridgehead atoms. The smallest absolute Gasteiger partial charge is 0.199 e. The minimum absolute atomic E-state index is 0.112. The highest BCUT2D eigenvalue weighted by molar-refractivity contribution is 6.31. The van der Waals surface area contributed by atoms with Gasteiger partial charge in [0, 0.05) is 41.8 Å². The summed E-state index contributed by atoms with van der Waals surface area (Å²) in [6, 6.07) is 9.49. The Labute approximate surface area is 144 Å². The number of ether oxygens (including phenoxy) is 1. The van der Waals surface area contributed by atoms with E-state index in [0.717, 1.165) is 55.0 Å². The van der Waals surface area contributed by atoms with Crippen LogP contribution in [-0.2, 0) is 11.3 Å². The third-order valence-electron chi connectivity index (χ3n) is 4.33. The fourth-order valence-electron chi connectivity index (χ4n) is 3.09. The number of benzene rings is 1. The van der Waals surface area contributed by atoms with Crippen molar-refractivity contribution in [1.29, 1.82) is 0 Å². The van der Waals surface area contributed by atoms with Gasteiger partial charge in [0.05, 0.1) is 24.5 Å². The number of hydrogen-bond acceptors (Lipinski definition) is 4. The Morgan fingerprint density at radius 2 is 2.04 bits per heavy atom. The zero-order chi connectivity index (χ0) is 16.5. The first kappa shape index (κ1) is 15.4. The number of rotatable bonds is 3. The minimum atomic E-state index is 0.112. The summed E-state index contributed by atoms with van der Waals surface area (Å²) >= 11 is 6.09. The number of nitrogens with one attached hydrogen (secondary N) is 1. The number of halogens is 1. The van der Waals surface area contributed by atoms with Gasteiger partial charge in [-0.25, -0.2) is 0 Å². The van der Waals surface area contributed by atoms with Crippen molar-refractivity contribution in [3.63, 3.8) is 0 Å². The molecule has 0 spiro atoms. The van der Waals surface area contributed by atoms with E-state index in [9.17, 15) is 5.11 Å². The van der Waals surface area contributed by atoms with Crippen LogP contribution >= 0.6 is 11.6 Å². The van der Waals surface area contributed by atoms with E-state index in [-0.39, 0.29) is 5.88 Å². The molecule has 3 aromatic rings. The lowest BCUT2D eigenvalue weighted by Crippen LogP contribution is -2.35. The summed E-state index contributed by atoms with van der Waals surface area (Å²) in [4.78, 5) is 9.86. The average molecular weight is 344 g/mol. The lowest BCUT2D eigenvalue weighted by atomic mass is 10.1. The van der Waals surface area contributed by atoms with Crippen molar-refractivity contribution in [3.8, 4) is 17.1 Å². The summed E-state index contributed by atoms with van der Waals surface area (Å²) < 4.78 is 5.37. The molecule has 5 nitrogen and oxygen atoms in total. The maximum atomic E-state index is 10.2. The number of pyridine rings is 1. The van der Waals surface area contributed by atoms with Crippen LogP contribution in [0.3, 0.4) is 0 Å². The van der Waals surface area contributed by atoms with Gasteiger partial charge in [0.2, 0.25) is 0 Å². The average Bonchev–Trinajstić information content (AvgIpc) is 2.92. The topological polar surface area (TPSA) is 61.4 Å². The first-order chi connectivity index (χ1) is 11.7. The van der Waals surface area contributed by atoms with Crippen molar-refractivity contribution in [2.75, 3.05) is 26.3 Å². The van der Waals surface area contributed by atoms with Crippen molar-refractivity contribution in [3.05, 3.63) is 47.1 Å². The number of fused-ring (bicyclic) bond motifs is 1. The predicted octanol–water partition coefficient (Wildman–Crippen LogP) is 3.42. The zero-order valence-corrected chi connectivity index (χ0v) is 13.9. The third kappa shape index (κ3) is 2.98. The molecule has 124 valence electrons. The predicted molar refractivity (Wildman–Crippen MR) is 94.3 cm³/mol. The van der Waals surface area contributed by atoms with Crippen LogP contribution in [0, 0.1) is 0 Å². The molecule has 4 rings (SSSR count). The number of aromatic amines is 1. The van der Waals surface area contributed by atoms with Gasteiger partial charge in [-0.05, 0) is 29.8 Å². The van der Waals surface area contributed by atoms with Crippen LogP contribution in [0.2, 0.25) is 5.02 Å². The van der Waals surface area contributed by atoms with Crippen molar-refractivity contribution >= 4 is 22.5 Å². The monoisotopic (exact) mass is 343 g/mol. The molecule has 1 aromatic carbocycles. The maximum absolute atomic E-state index is 10.2. The summed E-state index contributed by atoms with van der Waals surface area (Å²) in [5.74, 6) is 0.112. The Balaban J connectivity index is 1.63. The van der Waals surface area contributed by atoms with Crippen LogP contribution in [0.5, 0.6) is 5.88 Å². The van der Waals surface area contributed by atoms with E-state index in [0.29, 0.717) is 10.6 Å². The molecule has 3 heterocycles. The second-order valence-electron chi connectivity index (χ2n) is 5.98. The van der Waals surface area contributed by atoms with E-state index < -0.39 is 0 Å². The number of hydrogen-bond donors (Lipinski definition) is 2. The fraction of sp³-hybridized carbons (Fsp3) is 0.278. The highest BCUT2D eigenvalue weighted by Crippen LogP contribution is 2.36. The minimum Gasteiger partial charge on any atom is -0.494 e. The molecule has 1 aliphatic rings. The van der Waals surface area contributed by atoms with E-state index >= 15 is 0 Å². The second-order valence-corrected chi connectivity index (χ2v) is 6.42. The first-order valence-corrected chi connectivity index (χ1v) is 8.34. The zero-order valence-electron chi connectivity index (χ0n) is 13.1. The Morgan fingerprint density at radius 3 is 2.79 bits per heavy atom. The van der Waals surface area contributed by atoms with E-state index in [1.807, 2.05) is 24.4 Å². The molecule has 2 aromatic heterocycles. The highest BCUT2D eigenvalue weighted by Gasteiger charge is 2.15. The number of H-pyrrole nitrogens is 1. The maximum Gasteiger partial charge on any atom is 0.199 e. The van der Waals surface area contributed by atoms with Crippen molar-refractivity contribution in [2.45, 2.75) is 6.54 Å². The standard InChI is InChI=1S/C18H18ClN3O2/c19-13-2-4-15-14(9-13)17(18(23)21-15)16-3-1-12(10-20-16)11-22-5-7-24-8-6-22/h1-4,9-10,21,23H,5-8,11H2. The van der Waals surface area contributed by atoms with Crippen LogP contribution in [0.4, 0.5) is 0 Å². The van der Waals surface area contributed by atoms with Crippen molar-refractivity contribution in [1.82, 2.24) is 14.9 Å². The van der Waals surface area contributed by atoms with Crippen molar-refractivity contribution < 1.29 is 9.84 Å². The summed E-state index contributed by atoms with van der Waals surface area (Å²) in [5.41, 5.74) is 3.40. The molecule has 0 unspecified atom stereocenters. The van der Waals surface area contributed by atoms with E-state index in [2.05, 4.69) is 20.9 Å². The Hall–Kier alpha value is -2.08. The van der Waals surface area contributed by atoms with Gasteiger partial charge in [0.1, 0.15) is 0 Å². The van der Waals surface area contributed by atoms with Gasteiger partial charge >= 0.3 is 0 Å². The molecule has 0 radical (unpaired) electrons. The van der Waals surface area contributed by atoms with Gasteiger partial charge in [-0.3, -0.25) is 9.88 Å². The number of aromatic hydroxyl groups is 1. The van der Waals surface area contributed by atoms with Gasteiger partial charge in [-0.2, -0.15) is 0 Å². The molecule has 6 heteroatoms. The largest absolute Gasteiger partial charge is 0.494 e. The molecule has 24 heavy (non-hydrogen) atoms. The van der Waals surface area contributed by atoms with Crippen LogP contribution in [0.15, 0.2) is 36.5 Å². The molecular formula is C18H18ClN3O2. The van der Waals surface area contributed by atoms with E-state index in [4.69, 9.17) is 16.3 Å². The van der Waals surface area contributed by atoms with Crippen LogP contribution in [-0.4, -0.2) is 46.3 Å². The molecule has 0 atom stereocenters. The molecule has 1 aliphatic heterocycles. The molecule has 0 saturated carbocycles. The van der Waals surface area contributed by atoms with Gasteiger partial charge < -0.3 is 14.8 Å². The molecule has 2 N–H and O–H groups in total. The van der Waals surface area contributed by atoms with Crippen molar-refractivity contribution in [2.24, 2.45) is 0 Å². The SMILES string of the molecule is Oc1[nH]c2ccc(Cl)cc2c1-c1ccc(CN2CCOCC2)cn1. The van der Waals surface area contributed by atoms with E-state index in [1.54, 1.807) is 6.07 Å². The number of morpholine rings is 1. The van der Waals surface area contributed by atoms with Gasteiger partial charge in [-0.15, -0.1) is 0 Å². The number of aromatic nitrogens is 2. The van der Waals surface area contributed by atoms with E-state index in [1.165, 1.54) is 0 Å². The Morgan fingerprint density at radius 1 is 1.21 bits per heavy atom. The van der Waals surface area contributed by atoms with Gasteiger partial charge in [-0.1, -0.05) is 17.7 Å². The Kier molecular flexibility index (Phi) is 4.14. The van der Waals surface area contributed by atoms with Crippen LogP contribution < -0.4 is 0 Å². The number of nitrogens with zero attached hydrogens (tertiary/aromatic N) is 2. The summed E-state index contributed by atoms with van der Waals surface area (Å²) in [5, 5.41) is 11.7. The van der Waals surface area contributed by atoms with Crippen LogP contribution in [0.25, 0.3) is 22.2 Å². The fourth-order valence-corrected chi connectivity index (χ4v) is 3.26. The normalized spacial score (nSPS) is 15.9. The highest BCUT2D eigenvalue weighted by atomic mass is 35.5. The molecular weight excluding hydrogens is 326 g/mol. The quantitative estimate of drug-likeness (QED) is 0.765. The second kappa shape index (κ2) is 6.43. The molecule has 1 fully saturated rings. The van der Waals surface area contributed by atoms with Crippen LogP contribution in [0.1, 0.15) is 5.56 Å². The summed E-state index contributed by atoms with van der Waals surface area (Å²) in [7, 11) is 0. The first-order valence-electron chi connectivity index (χ1n) is 7.96. The summed E-state index contributed by atoms with van der Waals surface area (Å²) in [6.07, 6.45) is 1.87. The summed E-state index contributed by atoms with van der Waals surface area (Å²) in [6.45, 7) is 4.33. The Bertz CT molecular complexity index is 855. The molecule has 0 aliphatic carbocycles. The lowest BCUT2D eigenvalue weighted by Gasteiger charge is -2.26. The molecule has 0 amide bonds.